The Balaban J connectivity index is 2.98. The van der Waals surface area contributed by atoms with Crippen LogP contribution in [0.1, 0.15) is 38.8 Å². The Bertz CT molecular complexity index is 319. The van der Waals surface area contributed by atoms with Gasteiger partial charge in [0.1, 0.15) is 0 Å². The van der Waals surface area contributed by atoms with Crippen LogP contribution < -0.4 is 8.47 Å². The van der Waals surface area contributed by atoms with E-state index in [9.17, 15) is 0 Å². The maximum absolute atomic E-state index is 2.33. The summed E-state index contributed by atoms with van der Waals surface area (Å²) in [6.07, 6.45) is 2.41. The van der Waals surface area contributed by atoms with E-state index in [1.807, 2.05) is 0 Å². The zero-order valence-corrected chi connectivity index (χ0v) is 11.7. The predicted octanol–water partition coefficient (Wildman–Crippen LogP) is 1.67. The third-order valence-electron chi connectivity index (χ3n) is 3.27. The summed E-state index contributed by atoms with van der Waals surface area (Å²) in [5.41, 5.74) is 3.06. The molecule has 0 spiro atoms. The topological polar surface area (TPSA) is 0 Å². The Morgan fingerprint density at radius 2 is 1.12 bits per heavy atom. The molecule has 16 heavy (non-hydrogen) atoms. The number of benzene rings is 1. The van der Waals surface area contributed by atoms with Crippen LogP contribution in [0.3, 0.4) is 0 Å². The van der Waals surface area contributed by atoms with Crippen LogP contribution in [0.15, 0.2) is 12.1 Å². The molecule has 78 valence electrons. The summed E-state index contributed by atoms with van der Waals surface area (Å²) in [5, 5.41) is 0. The third kappa shape index (κ3) is 4.02. The van der Waals surface area contributed by atoms with E-state index in [4.69, 9.17) is 0 Å². The molecule has 1 rings (SSSR count). The molecule has 0 N–H and O–H groups in total. The summed E-state index contributed by atoms with van der Waals surface area (Å²) in [6, 6.07) is 4.67. The van der Waals surface area contributed by atoms with Gasteiger partial charge in [-0.1, -0.05) is 0 Å². The molecule has 0 heterocycles. The van der Waals surface area contributed by atoms with E-state index in [2.05, 4.69) is 75.3 Å². The summed E-state index contributed by atoms with van der Waals surface area (Å²) < 4.78 is 3.01. The van der Waals surface area contributed by atoms with Gasteiger partial charge in [-0.3, -0.25) is 0 Å². The van der Waals surface area contributed by atoms with Crippen LogP contribution in [0.5, 0.6) is 0 Å². The Hall–Kier alpha value is 0.415. The van der Waals surface area contributed by atoms with E-state index in [1.54, 1.807) is 0 Å². The number of hydrogen-bond acceptors (Lipinski definition) is 0. The summed E-state index contributed by atoms with van der Waals surface area (Å²) in [7, 11) is 0. The first kappa shape index (κ1) is 14.5. The minimum absolute atomic E-state index is 0.744. The van der Waals surface area contributed by atoms with Gasteiger partial charge < -0.3 is 0 Å². The van der Waals surface area contributed by atoms with Crippen molar-refractivity contribution in [1.29, 1.82) is 0 Å². The number of rotatable bonds is 4. The molecule has 0 radical (unpaired) electrons. The Labute approximate surface area is 119 Å². The molecule has 0 saturated carbocycles. The molecule has 0 amide bonds. The second-order valence-corrected chi connectivity index (χ2v) is 5.83. The van der Waals surface area contributed by atoms with Gasteiger partial charge in [0.25, 0.3) is 0 Å². The van der Waals surface area contributed by atoms with Crippen LogP contribution in [0.4, 0.5) is 0 Å². The summed E-state index contributed by atoms with van der Waals surface area (Å²) in [4.78, 5) is 0. The summed E-state index contributed by atoms with van der Waals surface area (Å²) >= 11 is 4.55. The van der Waals surface area contributed by atoms with Crippen molar-refractivity contribution < 1.29 is 0 Å². The molecule has 1 aromatic rings. The SMILES string of the molecule is [Li][c]1c(CC(C)C)ccc(CC(C)C)[c]1[Li]. The first-order valence-corrected chi connectivity index (χ1v) is 6.49. The standard InChI is InChI=1S/C14H20.2Li/c1-11(2)9-13-5-7-14(8-6-13)10-12(3)4;;/h5,7,11-12H,9-10H2,1-4H3;;. The molecular formula is C14H20Li2. The van der Waals surface area contributed by atoms with Crippen molar-refractivity contribution in [2.75, 3.05) is 0 Å². The Morgan fingerprint density at radius 1 is 0.812 bits per heavy atom. The second kappa shape index (κ2) is 6.38. The van der Waals surface area contributed by atoms with Crippen molar-refractivity contribution in [3.63, 3.8) is 0 Å². The van der Waals surface area contributed by atoms with Gasteiger partial charge in [0, 0.05) is 0 Å². The zero-order valence-electron chi connectivity index (χ0n) is 11.7. The minimum atomic E-state index is 0.744. The fraction of sp³-hybridized carbons (Fsp3) is 0.571. The molecule has 0 fully saturated rings. The fourth-order valence-electron chi connectivity index (χ4n) is 2.25. The molecule has 0 unspecified atom stereocenters. The van der Waals surface area contributed by atoms with Crippen molar-refractivity contribution in [3.05, 3.63) is 23.3 Å². The van der Waals surface area contributed by atoms with Gasteiger partial charge in [0.05, 0.1) is 0 Å². The van der Waals surface area contributed by atoms with Crippen LogP contribution >= 0.6 is 0 Å². The van der Waals surface area contributed by atoms with Crippen molar-refractivity contribution in [3.8, 4) is 0 Å². The first-order chi connectivity index (χ1) is 7.41. The van der Waals surface area contributed by atoms with Crippen molar-refractivity contribution in [1.82, 2.24) is 0 Å². The van der Waals surface area contributed by atoms with Crippen LogP contribution in [0, 0.1) is 11.8 Å². The van der Waals surface area contributed by atoms with E-state index in [0.717, 1.165) is 11.8 Å². The molecule has 0 aliphatic rings. The first-order valence-electron chi connectivity index (χ1n) is 6.49. The van der Waals surface area contributed by atoms with Gasteiger partial charge >= 0.3 is 120 Å². The van der Waals surface area contributed by atoms with E-state index >= 15 is 0 Å². The van der Waals surface area contributed by atoms with E-state index in [1.165, 1.54) is 32.4 Å². The quantitative estimate of drug-likeness (QED) is 0.651. The molecule has 0 saturated heterocycles. The molecule has 0 aliphatic heterocycles. The van der Waals surface area contributed by atoms with Crippen molar-refractivity contribution >= 4 is 43.9 Å². The average molecular weight is 202 g/mol. The number of hydrogen-bond donors (Lipinski definition) is 0. The normalized spacial score (nSPS) is 11.6. The van der Waals surface area contributed by atoms with Gasteiger partial charge in [-0.05, 0) is 0 Å². The molecule has 0 aromatic heterocycles. The molecule has 1 aromatic carbocycles. The van der Waals surface area contributed by atoms with Gasteiger partial charge in [-0.15, -0.1) is 0 Å². The average Bonchev–Trinajstić information content (AvgIpc) is 2.16. The van der Waals surface area contributed by atoms with E-state index in [-0.39, 0.29) is 0 Å². The molecule has 0 atom stereocenters. The van der Waals surface area contributed by atoms with Gasteiger partial charge in [-0.25, -0.2) is 0 Å². The summed E-state index contributed by atoms with van der Waals surface area (Å²) in [6.45, 7) is 9.15. The second-order valence-electron chi connectivity index (χ2n) is 5.83. The molecule has 0 aliphatic carbocycles. The van der Waals surface area contributed by atoms with E-state index in [0.29, 0.717) is 0 Å². The monoisotopic (exact) mass is 202 g/mol. The van der Waals surface area contributed by atoms with Gasteiger partial charge in [0.2, 0.25) is 0 Å². The molecular weight excluding hydrogens is 182 g/mol. The Kier molecular flexibility index (Phi) is 5.77. The molecule has 0 bridgehead atoms. The molecule has 2 heteroatoms. The van der Waals surface area contributed by atoms with Crippen molar-refractivity contribution in [2.24, 2.45) is 11.8 Å². The fourth-order valence-corrected chi connectivity index (χ4v) is 2.25. The maximum atomic E-state index is 2.33. The van der Waals surface area contributed by atoms with Crippen molar-refractivity contribution in [2.45, 2.75) is 40.5 Å². The predicted molar refractivity (Wildman–Crippen MR) is 74.3 cm³/mol. The van der Waals surface area contributed by atoms with Crippen LogP contribution in [0.2, 0.25) is 0 Å². The summed E-state index contributed by atoms with van der Waals surface area (Å²) in [5.74, 6) is 1.49. The van der Waals surface area contributed by atoms with Gasteiger partial charge in [-0.2, -0.15) is 0 Å². The molecule has 0 nitrogen and oxygen atoms in total. The zero-order chi connectivity index (χ0) is 12.3. The van der Waals surface area contributed by atoms with Gasteiger partial charge in [0.15, 0.2) is 0 Å². The third-order valence-corrected chi connectivity index (χ3v) is 3.27. The Morgan fingerprint density at radius 3 is 1.38 bits per heavy atom. The van der Waals surface area contributed by atoms with Crippen LogP contribution in [-0.4, -0.2) is 35.4 Å². The van der Waals surface area contributed by atoms with E-state index < -0.39 is 0 Å². The van der Waals surface area contributed by atoms with Crippen LogP contribution in [0.25, 0.3) is 0 Å². The van der Waals surface area contributed by atoms with Crippen LogP contribution in [-0.2, 0) is 12.8 Å².